The number of aliphatic hydroxyl groups excluding tert-OH is 1. The number of esters is 1. The van der Waals surface area contributed by atoms with Crippen LogP contribution in [-0.4, -0.2) is 17.7 Å². The Labute approximate surface area is 120 Å². The highest BCUT2D eigenvalue weighted by Crippen LogP contribution is 2.29. The Hall–Kier alpha value is -0.580. The molecule has 0 heterocycles. The molecule has 0 saturated heterocycles. The predicted molar refractivity (Wildman–Crippen MR) is 74.6 cm³/mol. The van der Waals surface area contributed by atoms with Gasteiger partial charge in [0.15, 0.2) is 0 Å². The lowest BCUT2D eigenvalue weighted by Gasteiger charge is -2.13. The Morgan fingerprint density at radius 2 is 2.28 bits per heavy atom. The second-order valence-corrected chi connectivity index (χ2v) is 5.23. The fraction of sp³-hybridized carbons (Fsp3) is 0.462. The van der Waals surface area contributed by atoms with Gasteiger partial charge in [-0.25, -0.2) is 0 Å². The fourth-order valence-corrected chi connectivity index (χ4v) is 2.16. The van der Waals surface area contributed by atoms with Crippen LogP contribution in [0.25, 0.3) is 0 Å². The van der Waals surface area contributed by atoms with Gasteiger partial charge in [-0.05, 0) is 36.6 Å². The Balaban J connectivity index is 2.52. The molecule has 1 atom stereocenters. The van der Waals surface area contributed by atoms with E-state index < -0.39 is 6.10 Å². The summed E-state index contributed by atoms with van der Waals surface area (Å²) < 4.78 is 5.72. The highest BCUT2D eigenvalue weighted by atomic mass is 79.9. The summed E-state index contributed by atoms with van der Waals surface area (Å²) in [5.74, 6) is -0.283. The molecule has 5 heteroatoms. The summed E-state index contributed by atoms with van der Waals surface area (Å²) in [4.78, 5) is 11.3. The van der Waals surface area contributed by atoms with Crippen molar-refractivity contribution in [2.75, 3.05) is 6.61 Å². The maximum atomic E-state index is 11.3. The van der Waals surface area contributed by atoms with Gasteiger partial charge in [0.2, 0.25) is 0 Å². The van der Waals surface area contributed by atoms with E-state index in [1.807, 2.05) is 6.92 Å². The number of halogens is 2. The van der Waals surface area contributed by atoms with E-state index in [0.717, 1.165) is 10.9 Å². The number of benzene rings is 1. The first-order valence-electron chi connectivity index (χ1n) is 5.83. The van der Waals surface area contributed by atoms with Gasteiger partial charge in [0.05, 0.1) is 12.7 Å². The van der Waals surface area contributed by atoms with Crippen molar-refractivity contribution in [3.8, 4) is 0 Å². The second-order valence-electron chi connectivity index (χ2n) is 3.94. The van der Waals surface area contributed by atoms with E-state index in [1.165, 1.54) is 0 Å². The number of hydrogen-bond donors (Lipinski definition) is 1. The zero-order chi connectivity index (χ0) is 13.5. The van der Waals surface area contributed by atoms with Crippen LogP contribution in [0.1, 0.15) is 37.9 Å². The summed E-state index contributed by atoms with van der Waals surface area (Å²) >= 11 is 9.21. The summed E-state index contributed by atoms with van der Waals surface area (Å²) in [6.45, 7) is 2.36. The second kappa shape index (κ2) is 7.77. The molecule has 1 aromatic carbocycles. The third kappa shape index (κ3) is 4.96. The number of hydrogen-bond acceptors (Lipinski definition) is 3. The third-order valence-electron chi connectivity index (χ3n) is 2.41. The van der Waals surface area contributed by atoms with Gasteiger partial charge in [-0.3, -0.25) is 4.79 Å². The number of ether oxygens (including phenoxy) is 1. The lowest BCUT2D eigenvalue weighted by molar-refractivity contribution is -0.144. The standard InChI is InChI=1S/C13H16BrClO3/c1-2-7-18-13(17)6-5-12(16)10-8-9(15)3-4-11(10)14/h3-4,8,12,16H,2,5-7H2,1H3. The molecule has 0 radical (unpaired) electrons. The fourth-order valence-electron chi connectivity index (χ4n) is 1.47. The van der Waals surface area contributed by atoms with Gasteiger partial charge < -0.3 is 9.84 Å². The largest absolute Gasteiger partial charge is 0.466 e. The quantitative estimate of drug-likeness (QED) is 0.803. The maximum absolute atomic E-state index is 11.3. The van der Waals surface area contributed by atoms with Crippen molar-refractivity contribution in [2.24, 2.45) is 0 Å². The highest BCUT2D eigenvalue weighted by Gasteiger charge is 2.14. The molecule has 0 aliphatic heterocycles. The molecule has 0 bridgehead atoms. The van der Waals surface area contributed by atoms with E-state index in [9.17, 15) is 9.90 Å². The van der Waals surface area contributed by atoms with Crippen molar-refractivity contribution in [1.29, 1.82) is 0 Å². The lowest BCUT2D eigenvalue weighted by atomic mass is 10.1. The number of aliphatic hydroxyl groups is 1. The molecule has 0 amide bonds. The van der Waals surface area contributed by atoms with Crippen molar-refractivity contribution in [2.45, 2.75) is 32.3 Å². The molecule has 0 aliphatic rings. The number of rotatable bonds is 6. The molecule has 0 fully saturated rings. The van der Waals surface area contributed by atoms with Crippen molar-refractivity contribution < 1.29 is 14.6 Å². The molecular formula is C13H16BrClO3. The van der Waals surface area contributed by atoms with Crippen LogP contribution in [-0.2, 0) is 9.53 Å². The van der Waals surface area contributed by atoms with Crippen LogP contribution in [0.5, 0.6) is 0 Å². The van der Waals surface area contributed by atoms with E-state index >= 15 is 0 Å². The molecule has 100 valence electrons. The molecule has 0 aromatic heterocycles. The van der Waals surface area contributed by atoms with Crippen molar-refractivity contribution in [3.63, 3.8) is 0 Å². The number of carbonyl (C=O) groups excluding carboxylic acids is 1. The minimum Gasteiger partial charge on any atom is -0.466 e. The minimum atomic E-state index is -0.729. The van der Waals surface area contributed by atoms with Crippen LogP contribution in [0, 0.1) is 0 Å². The average molecular weight is 336 g/mol. The molecule has 1 aromatic rings. The first-order valence-corrected chi connectivity index (χ1v) is 7.00. The molecule has 1 unspecified atom stereocenters. The normalized spacial score (nSPS) is 12.2. The van der Waals surface area contributed by atoms with Crippen molar-refractivity contribution >= 4 is 33.5 Å². The van der Waals surface area contributed by atoms with E-state index in [-0.39, 0.29) is 12.4 Å². The Morgan fingerprint density at radius 3 is 2.94 bits per heavy atom. The van der Waals surface area contributed by atoms with Crippen LogP contribution in [0.4, 0.5) is 0 Å². The summed E-state index contributed by atoms with van der Waals surface area (Å²) in [6, 6.07) is 5.20. The van der Waals surface area contributed by atoms with E-state index in [0.29, 0.717) is 23.6 Å². The molecule has 18 heavy (non-hydrogen) atoms. The van der Waals surface area contributed by atoms with Crippen LogP contribution in [0.2, 0.25) is 5.02 Å². The Morgan fingerprint density at radius 1 is 1.56 bits per heavy atom. The highest BCUT2D eigenvalue weighted by molar-refractivity contribution is 9.10. The lowest BCUT2D eigenvalue weighted by Crippen LogP contribution is -2.08. The molecule has 1 rings (SSSR count). The zero-order valence-electron chi connectivity index (χ0n) is 10.2. The first-order chi connectivity index (χ1) is 8.54. The average Bonchev–Trinajstić information content (AvgIpc) is 2.36. The van der Waals surface area contributed by atoms with Crippen LogP contribution >= 0.6 is 27.5 Å². The SMILES string of the molecule is CCCOC(=O)CCC(O)c1cc(Cl)ccc1Br. The summed E-state index contributed by atoms with van der Waals surface area (Å²) in [5, 5.41) is 10.6. The maximum Gasteiger partial charge on any atom is 0.305 e. The molecule has 3 nitrogen and oxygen atoms in total. The van der Waals surface area contributed by atoms with Gasteiger partial charge in [0.25, 0.3) is 0 Å². The van der Waals surface area contributed by atoms with Gasteiger partial charge in [-0.1, -0.05) is 34.5 Å². The van der Waals surface area contributed by atoms with Gasteiger partial charge in [0.1, 0.15) is 0 Å². The molecule has 0 saturated carbocycles. The Kier molecular flexibility index (Phi) is 6.68. The molecular weight excluding hydrogens is 319 g/mol. The van der Waals surface area contributed by atoms with Crippen LogP contribution in [0.15, 0.2) is 22.7 Å². The summed E-state index contributed by atoms with van der Waals surface area (Å²) in [5.41, 5.74) is 0.686. The molecule has 0 spiro atoms. The van der Waals surface area contributed by atoms with Crippen molar-refractivity contribution in [1.82, 2.24) is 0 Å². The van der Waals surface area contributed by atoms with Gasteiger partial charge >= 0.3 is 5.97 Å². The van der Waals surface area contributed by atoms with E-state index in [2.05, 4.69) is 15.9 Å². The molecule has 1 N–H and O–H groups in total. The molecule has 0 aliphatic carbocycles. The van der Waals surface area contributed by atoms with Gasteiger partial charge in [0, 0.05) is 15.9 Å². The Bertz CT molecular complexity index is 409. The predicted octanol–water partition coefficient (Wildman–Crippen LogP) is 3.87. The van der Waals surface area contributed by atoms with Crippen molar-refractivity contribution in [3.05, 3.63) is 33.3 Å². The van der Waals surface area contributed by atoms with Gasteiger partial charge in [-0.2, -0.15) is 0 Å². The van der Waals surface area contributed by atoms with Crippen LogP contribution < -0.4 is 0 Å². The topological polar surface area (TPSA) is 46.5 Å². The number of carbonyl (C=O) groups is 1. The third-order valence-corrected chi connectivity index (χ3v) is 3.36. The first kappa shape index (κ1) is 15.5. The monoisotopic (exact) mass is 334 g/mol. The smallest absolute Gasteiger partial charge is 0.305 e. The minimum absolute atomic E-state index is 0.195. The summed E-state index contributed by atoms with van der Waals surface area (Å²) in [6.07, 6.45) is 0.586. The van der Waals surface area contributed by atoms with Crippen LogP contribution in [0.3, 0.4) is 0 Å². The van der Waals surface area contributed by atoms with Gasteiger partial charge in [-0.15, -0.1) is 0 Å². The van der Waals surface area contributed by atoms with E-state index in [4.69, 9.17) is 16.3 Å². The zero-order valence-corrected chi connectivity index (χ0v) is 12.5. The summed E-state index contributed by atoms with van der Waals surface area (Å²) in [7, 11) is 0. The van der Waals surface area contributed by atoms with E-state index in [1.54, 1.807) is 18.2 Å².